The van der Waals surface area contributed by atoms with Crippen LogP contribution in [0.4, 0.5) is 5.69 Å². The molecule has 0 radical (unpaired) electrons. The summed E-state index contributed by atoms with van der Waals surface area (Å²) in [6, 6.07) is 8.51. The topological polar surface area (TPSA) is 37.0 Å². The molecule has 0 saturated carbocycles. The van der Waals surface area contributed by atoms with Crippen molar-refractivity contribution < 1.29 is 0 Å². The maximum Gasteiger partial charge on any atom is 0.0726 e. The number of nitrogens with zero attached hydrogens (tertiary/aromatic N) is 1. The van der Waals surface area contributed by atoms with E-state index < -0.39 is 0 Å². The SMILES string of the molecule is CNCCCNc1c2c(nc3ccccc13)CCCC2. The molecule has 0 bridgehead atoms. The Morgan fingerprint density at radius 1 is 1.10 bits per heavy atom. The van der Waals surface area contributed by atoms with Gasteiger partial charge in [0, 0.05) is 23.3 Å². The second-order valence-electron chi connectivity index (χ2n) is 5.52. The second kappa shape index (κ2) is 6.23. The van der Waals surface area contributed by atoms with Crippen LogP contribution in [0.5, 0.6) is 0 Å². The van der Waals surface area contributed by atoms with Crippen molar-refractivity contribution in [1.82, 2.24) is 10.3 Å². The molecule has 1 aliphatic rings. The Morgan fingerprint density at radius 3 is 2.85 bits per heavy atom. The second-order valence-corrected chi connectivity index (χ2v) is 5.52. The van der Waals surface area contributed by atoms with Crippen molar-refractivity contribution >= 4 is 16.6 Å². The van der Waals surface area contributed by atoms with Gasteiger partial charge in [-0.3, -0.25) is 4.98 Å². The molecular weight excluding hydrogens is 246 g/mol. The highest BCUT2D eigenvalue weighted by atomic mass is 14.9. The van der Waals surface area contributed by atoms with Gasteiger partial charge in [0.2, 0.25) is 0 Å². The third-order valence-electron chi connectivity index (χ3n) is 4.07. The summed E-state index contributed by atoms with van der Waals surface area (Å²) in [5.41, 5.74) is 5.23. The fourth-order valence-electron chi connectivity index (χ4n) is 3.05. The zero-order valence-corrected chi connectivity index (χ0v) is 12.2. The van der Waals surface area contributed by atoms with E-state index in [9.17, 15) is 0 Å². The van der Waals surface area contributed by atoms with Crippen LogP contribution in [0.2, 0.25) is 0 Å². The van der Waals surface area contributed by atoms with E-state index >= 15 is 0 Å². The number of anilines is 1. The van der Waals surface area contributed by atoms with E-state index in [1.807, 2.05) is 7.05 Å². The molecule has 0 fully saturated rings. The highest BCUT2D eigenvalue weighted by molar-refractivity contribution is 5.93. The first-order valence-corrected chi connectivity index (χ1v) is 7.69. The van der Waals surface area contributed by atoms with Gasteiger partial charge in [-0.25, -0.2) is 0 Å². The zero-order valence-electron chi connectivity index (χ0n) is 12.2. The Bertz CT molecular complexity index is 592. The summed E-state index contributed by atoms with van der Waals surface area (Å²) in [5.74, 6) is 0. The van der Waals surface area contributed by atoms with Crippen molar-refractivity contribution in [3.8, 4) is 0 Å². The maximum absolute atomic E-state index is 4.87. The molecule has 1 aliphatic carbocycles. The van der Waals surface area contributed by atoms with Crippen LogP contribution < -0.4 is 10.6 Å². The van der Waals surface area contributed by atoms with Crippen LogP contribution in [0.15, 0.2) is 24.3 Å². The first kappa shape index (κ1) is 13.4. The summed E-state index contributed by atoms with van der Waals surface area (Å²) < 4.78 is 0. The summed E-state index contributed by atoms with van der Waals surface area (Å²) in [6.07, 6.45) is 6.00. The Hall–Kier alpha value is -1.61. The van der Waals surface area contributed by atoms with Gasteiger partial charge in [0.25, 0.3) is 0 Å². The molecule has 2 aromatic rings. The van der Waals surface area contributed by atoms with Gasteiger partial charge in [0.05, 0.1) is 5.52 Å². The number of fused-ring (bicyclic) bond motifs is 2. The summed E-state index contributed by atoms with van der Waals surface area (Å²) in [7, 11) is 2.00. The summed E-state index contributed by atoms with van der Waals surface area (Å²) in [6.45, 7) is 2.07. The Balaban J connectivity index is 1.97. The molecule has 1 heterocycles. The predicted octanol–water partition coefficient (Wildman–Crippen LogP) is 3.14. The molecule has 2 N–H and O–H groups in total. The lowest BCUT2D eigenvalue weighted by atomic mass is 9.92. The highest BCUT2D eigenvalue weighted by Crippen LogP contribution is 2.33. The lowest BCUT2D eigenvalue weighted by Gasteiger charge is -2.21. The highest BCUT2D eigenvalue weighted by Gasteiger charge is 2.17. The molecule has 106 valence electrons. The number of hydrogen-bond acceptors (Lipinski definition) is 3. The number of nitrogens with one attached hydrogen (secondary N) is 2. The van der Waals surface area contributed by atoms with Gasteiger partial charge >= 0.3 is 0 Å². The smallest absolute Gasteiger partial charge is 0.0726 e. The molecule has 0 unspecified atom stereocenters. The minimum absolute atomic E-state index is 1.02. The third-order valence-corrected chi connectivity index (χ3v) is 4.07. The summed E-state index contributed by atoms with van der Waals surface area (Å²) in [4.78, 5) is 4.87. The monoisotopic (exact) mass is 269 g/mol. The molecule has 0 atom stereocenters. The van der Waals surface area contributed by atoms with Crippen LogP contribution in [-0.4, -0.2) is 25.1 Å². The Kier molecular flexibility index (Phi) is 4.16. The fraction of sp³-hybridized carbons (Fsp3) is 0.471. The van der Waals surface area contributed by atoms with E-state index in [4.69, 9.17) is 4.98 Å². The summed E-state index contributed by atoms with van der Waals surface area (Å²) >= 11 is 0. The molecular formula is C17H23N3. The van der Waals surface area contributed by atoms with E-state index in [2.05, 4.69) is 34.9 Å². The minimum Gasteiger partial charge on any atom is -0.384 e. The normalized spacial score (nSPS) is 14.2. The Morgan fingerprint density at radius 2 is 1.95 bits per heavy atom. The van der Waals surface area contributed by atoms with Crippen molar-refractivity contribution in [2.45, 2.75) is 32.1 Å². The lowest BCUT2D eigenvalue weighted by Crippen LogP contribution is -2.15. The van der Waals surface area contributed by atoms with Gasteiger partial charge in [0.1, 0.15) is 0 Å². The quantitative estimate of drug-likeness (QED) is 0.819. The van der Waals surface area contributed by atoms with E-state index in [1.54, 1.807) is 0 Å². The standard InChI is InChI=1S/C17H23N3/c1-18-11-6-12-19-17-13-7-2-4-9-15(13)20-16-10-5-3-8-14(16)17/h2,4,7,9,18H,3,5-6,8,10-12H2,1H3,(H,19,20). The number of rotatable bonds is 5. The van der Waals surface area contributed by atoms with Crippen molar-refractivity contribution in [1.29, 1.82) is 0 Å². The number of benzene rings is 1. The largest absolute Gasteiger partial charge is 0.384 e. The van der Waals surface area contributed by atoms with Crippen LogP contribution in [-0.2, 0) is 12.8 Å². The molecule has 1 aromatic heterocycles. The molecule has 0 saturated heterocycles. The molecule has 1 aromatic carbocycles. The van der Waals surface area contributed by atoms with Gasteiger partial charge in [-0.2, -0.15) is 0 Å². The van der Waals surface area contributed by atoms with Crippen LogP contribution in [0.3, 0.4) is 0 Å². The van der Waals surface area contributed by atoms with Crippen LogP contribution in [0.1, 0.15) is 30.5 Å². The van der Waals surface area contributed by atoms with Crippen molar-refractivity contribution in [3.05, 3.63) is 35.5 Å². The summed E-state index contributed by atoms with van der Waals surface area (Å²) in [5, 5.41) is 8.15. The number of pyridine rings is 1. The molecule has 3 heteroatoms. The minimum atomic E-state index is 1.02. The van der Waals surface area contributed by atoms with Crippen LogP contribution >= 0.6 is 0 Å². The van der Waals surface area contributed by atoms with Gasteiger partial charge in [-0.1, -0.05) is 18.2 Å². The zero-order chi connectivity index (χ0) is 13.8. The van der Waals surface area contributed by atoms with Crippen molar-refractivity contribution in [3.63, 3.8) is 0 Å². The maximum atomic E-state index is 4.87. The molecule has 0 aliphatic heterocycles. The van der Waals surface area contributed by atoms with Crippen molar-refractivity contribution in [2.75, 3.05) is 25.5 Å². The molecule has 3 nitrogen and oxygen atoms in total. The van der Waals surface area contributed by atoms with Gasteiger partial charge in [0.15, 0.2) is 0 Å². The molecule has 0 spiro atoms. The number of para-hydroxylation sites is 1. The predicted molar refractivity (Wildman–Crippen MR) is 85.4 cm³/mol. The molecule has 20 heavy (non-hydrogen) atoms. The van der Waals surface area contributed by atoms with Gasteiger partial charge in [-0.15, -0.1) is 0 Å². The average molecular weight is 269 g/mol. The Labute approximate surface area is 120 Å². The third kappa shape index (κ3) is 2.63. The number of hydrogen-bond donors (Lipinski definition) is 2. The molecule has 0 amide bonds. The van der Waals surface area contributed by atoms with E-state index in [0.29, 0.717) is 0 Å². The van der Waals surface area contributed by atoms with Gasteiger partial charge < -0.3 is 10.6 Å². The van der Waals surface area contributed by atoms with Crippen molar-refractivity contribution in [2.24, 2.45) is 0 Å². The van der Waals surface area contributed by atoms with Crippen LogP contribution in [0.25, 0.3) is 10.9 Å². The lowest BCUT2D eigenvalue weighted by molar-refractivity contribution is 0.671. The first-order chi connectivity index (χ1) is 9.90. The first-order valence-electron chi connectivity index (χ1n) is 7.69. The van der Waals surface area contributed by atoms with Crippen LogP contribution in [0, 0.1) is 0 Å². The number of aromatic nitrogens is 1. The van der Waals surface area contributed by atoms with E-state index in [0.717, 1.165) is 31.4 Å². The number of aryl methyl sites for hydroxylation is 1. The van der Waals surface area contributed by atoms with E-state index in [-0.39, 0.29) is 0 Å². The fourth-order valence-corrected chi connectivity index (χ4v) is 3.05. The average Bonchev–Trinajstić information content (AvgIpc) is 2.50. The molecule has 3 rings (SSSR count). The van der Waals surface area contributed by atoms with E-state index in [1.165, 1.54) is 41.6 Å². The van der Waals surface area contributed by atoms with Gasteiger partial charge in [-0.05, 0) is 57.3 Å².